The van der Waals surface area contributed by atoms with E-state index in [1.165, 1.54) is 5.69 Å². The highest BCUT2D eigenvalue weighted by Gasteiger charge is 2.33. The van der Waals surface area contributed by atoms with E-state index >= 15 is 0 Å². The number of amides is 1. The average molecular weight is 410 g/mol. The van der Waals surface area contributed by atoms with Crippen molar-refractivity contribution in [2.24, 2.45) is 0 Å². The van der Waals surface area contributed by atoms with Gasteiger partial charge in [-0.2, -0.15) is 0 Å². The predicted octanol–water partition coefficient (Wildman–Crippen LogP) is 4.03. The Kier molecular flexibility index (Phi) is 7.03. The van der Waals surface area contributed by atoms with Crippen molar-refractivity contribution in [1.82, 2.24) is 9.80 Å². The van der Waals surface area contributed by atoms with E-state index in [1.807, 2.05) is 35.2 Å². The van der Waals surface area contributed by atoms with Crippen LogP contribution in [0.3, 0.4) is 0 Å². The molecule has 0 bridgehead atoms. The molecule has 2 aromatic rings. The van der Waals surface area contributed by atoms with Crippen molar-refractivity contribution in [3.05, 3.63) is 60.2 Å². The summed E-state index contributed by atoms with van der Waals surface area (Å²) in [6.07, 6.45) is 0. The molecule has 1 saturated heterocycles. The SMILES string of the molecule is COc1ccc(N2CCN([C@@H](C)C(=O)N(Cc3ccccc3)C(C)(C)C)CC2)cc1. The fourth-order valence-electron chi connectivity index (χ4n) is 3.95. The maximum absolute atomic E-state index is 13.5. The molecule has 3 rings (SSSR count). The molecular formula is C25H35N3O2. The molecule has 162 valence electrons. The molecule has 2 aromatic carbocycles. The van der Waals surface area contributed by atoms with Crippen molar-refractivity contribution >= 4 is 11.6 Å². The molecule has 0 radical (unpaired) electrons. The molecule has 1 amide bonds. The van der Waals surface area contributed by atoms with Crippen LogP contribution in [0, 0.1) is 0 Å². The van der Waals surface area contributed by atoms with Crippen molar-refractivity contribution in [1.29, 1.82) is 0 Å². The molecule has 0 saturated carbocycles. The molecule has 0 spiro atoms. The molecule has 0 unspecified atom stereocenters. The van der Waals surface area contributed by atoms with E-state index in [2.05, 4.69) is 61.8 Å². The van der Waals surface area contributed by atoms with Gasteiger partial charge in [0.05, 0.1) is 13.2 Å². The lowest BCUT2D eigenvalue weighted by Crippen LogP contribution is -2.57. The standard InChI is InChI=1S/C25H35N3O2/c1-20(24(29)28(25(2,3)4)19-21-9-7-6-8-10-21)26-15-17-27(18-16-26)22-11-13-23(30-5)14-12-22/h6-14,20H,15-19H2,1-5H3/t20-/m0/s1. The van der Waals surface area contributed by atoms with Gasteiger partial charge in [0.15, 0.2) is 0 Å². The maximum Gasteiger partial charge on any atom is 0.240 e. The van der Waals surface area contributed by atoms with Crippen molar-refractivity contribution < 1.29 is 9.53 Å². The summed E-state index contributed by atoms with van der Waals surface area (Å²) in [5.41, 5.74) is 2.14. The van der Waals surface area contributed by atoms with Crippen LogP contribution >= 0.6 is 0 Å². The molecule has 0 N–H and O–H groups in total. The topological polar surface area (TPSA) is 36.0 Å². The summed E-state index contributed by atoms with van der Waals surface area (Å²) in [5, 5.41) is 0. The summed E-state index contributed by atoms with van der Waals surface area (Å²) >= 11 is 0. The third-order valence-corrected chi connectivity index (χ3v) is 5.92. The molecule has 1 atom stereocenters. The highest BCUT2D eigenvalue weighted by molar-refractivity contribution is 5.82. The number of ether oxygens (including phenoxy) is 1. The Bertz CT molecular complexity index is 807. The normalized spacial score (nSPS) is 16.2. The van der Waals surface area contributed by atoms with Gasteiger partial charge in [-0.3, -0.25) is 9.69 Å². The van der Waals surface area contributed by atoms with E-state index in [0.717, 1.165) is 37.5 Å². The molecule has 1 aliphatic heterocycles. The Balaban J connectivity index is 1.63. The second kappa shape index (κ2) is 9.52. The Morgan fingerprint density at radius 2 is 1.60 bits per heavy atom. The summed E-state index contributed by atoms with van der Waals surface area (Å²) in [6.45, 7) is 12.6. The summed E-state index contributed by atoms with van der Waals surface area (Å²) in [6, 6.07) is 18.3. The Morgan fingerprint density at radius 3 is 2.13 bits per heavy atom. The molecule has 1 aliphatic rings. The maximum atomic E-state index is 13.5. The third kappa shape index (κ3) is 5.33. The molecule has 30 heavy (non-hydrogen) atoms. The van der Waals surface area contributed by atoms with Crippen molar-refractivity contribution in [2.45, 2.75) is 45.8 Å². The van der Waals surface area contributed by atoms with E-state index in [-0.39, 0.29) is 17.5 Å². The van der Waals surface area contributed by atoms with E-state index in [0.29, 0.717) is 6.54 Å². The van der Waals surface area contributed by atoms with Crippen LogP contribution in [0.25, 0.3) is 0 Å². The lowest BCUT2D eigenvalue weighted by Gasteiger charge is -2.43. The van der Waals surface area contributed by atoms with Gasteiger partial charge in [-0.05, 0) is 57.5 Å². The molecule has 5 nitrogen and oxygen atoms in total. The van der Waals surface area contributed by atoms with Gasteiger partial charge < -0.3 is 14.5 Å². The minimum absolute atomic E-state index is 0.133. The van der Waals surface area contributed by atoms with Gasteiger partial charge in [-0.15, -0.1) is 0 Å². The Morgan fingerprint density at radius 1 is 1.00 bits per heavy atom. The van der Waals surface area contributed by atoms with Crippen molar-refractivity contribution in [3.8, 4) is 5.75 Å². The van der Waals surface area contributed by atoms with Gasteiger partial charge >= 0.3 is 0 Å². The number of hydrogen-bond acceptors (Lipinski definition) is 4. The molecule has 0 aliphatic carbocycles. The average Bonchev–Trinajstić information content (AvgIpc) is 2.76. The number of methoxy groups -OCH3 is 1. The zero-order valence-corrected chi connectivity index (χ0v) is 19.0. The van der Waals surface area contributed by atoms with Gasteiger partial charge in [0.25, 0.3) is 0 Å². The zero-order chi connectivity index (χ0) is 21.7. The van der Waals surface area contributed by atoms with Gasteiger partial charge in [0.2, 0.25) is 5.91 Å². The zero-order valence-electron chi connectivity index (χ0n) is 19.0. The quantitative estimate of drug-likeness (QED) is 0.722. The number of nitrogens with zero attached hydrogens (tertiary/aromatic N) is 3. The van der Waals surface area contributed by atoms with Crippen LogP contribution in [0.1, 0.15) is 33.3 Å². The van der Waals surface area contributed by atoms with Gasteiger partial charge in [0.1, 0.15) is 5.75 Å². The number of carbonyl (C=O) groups is 1. The second-order valence-corrected chi connectivity index (χ2v) is 8.98. The van der Waals surface area contributed by atoms with Crippen LogP contribution in [0.4, 0.5) is 5.69 Å². The minimum atomic E-state index is -0.230. The first-order valence-electron chi connectivity index (χ1n) is 10.8. The van der Waals surface area contributed by atoms with Crippen LogP contribution in [0.15, 0.2) is 54.6 Å². The number of hydrogen-bond donors (Lipinski definition) is 0. The molecule has 1 heterocycles. The first kappa shape index (κ1) is 22.2. The number of carbonyl (C=O) groups excluding carboxylic acids is 1. The van der Waals surface area contributed by atoms with E-state index < -0.39 is 0 Å². The first-order chi connectivity index (χ1) is 14.3. The fourth-order valence-corrected chi connectivity index (χ4v) is 3.95. The molecular weight excluding hydrogens is 374 g/mol. The third-order valence-electron chi connectivity index (χ3n) is 5.92. The Hall–Kier alpha value is -2.53. The van der Waals surface area contributed by atoms with Crippen LogP contribution in [0.5, 0.6) is 5.75 Å². The summed E-state index contributed by atoms with van der Waals surface area (Å²) in [4.78, 5) is 20.2. The number of benzene rings is 2. The lowest BCUT2D eigenvalue weighted by atomic mass is 10.0. The van der Waals surface area contributed by atoms with Crippen LogP contribution in [0.2, 0.25) is 0 Å². The second-order valence-electron chi connectivity index (χ2n) is 8.98. The van der Waals surface area contributed by atoms with Gasteiger partial charge in [0, 0.05) is 44.0 Å². The highest BCUT2D eigenvalue weighted by atomic mass is 16.5. The molecule has 0 aromatic heterocycles. The molecule has 1 fully saturated rings. The lowest BCUT2D eigenvalue weighted by molar-refractivity contribution is -0.142. The largest absolute Gasteiger partial charge is 0.497 e. The first-order valence-corrected chi connectivity index (χ1v) is 10.8. The predicted molar refractivity (Wildman–Crippen MR) is 123 cm³/mol. The minimum Gasteiger partial charge on any atom is -0.497 e. The summed E-state index contributed by atoms with van der Waals surface area (Å²) in [7, 11) is 1.69. The summed E-state index contributed by atoms with van der Waals surface area (Å²) in [5.74, 6) is 1.07. The monoisotopic (exact) mass is 409 g/mol. The fraction of sp³-hybridized carbons (Fsp3) is 0.480. The summed E-state index contributed by atoms with van der Waals surface area (Å²) < 4.78 is 5.25. The van der Waals surface area contributed by atoms with E-state index in [1.54, 1.807) is 7.11 Å². The molecule has 5 heteroatoms. The van der Waals surface area contributed by atoms with Gasteiger partial charge in [-0.1, -0.05) is 30.3 Å². The van der Waals surface area contributed by atoms with E-state index in [9.17, 15) is 4.79 Å². The Labute approximate surface area is 181 Å². The number of piperazine rings is 1. The van der Waals surface area contributed by atoms with Gasteiger partial charge in [-0.25, -0.2) is 0 Å². The van der Waals surface area contributed by atoms with Crippen molar-refractivity contribution in [3.63, 3.8) is 0 Å². The van der Waals surface area contributed by atoms with Crippen LogP contribution in [-0.4, -0.2) is 60.6 Å². The number of anilines is 1. The number of rotatable bonds is 6. The van der Waals surface area contributed by atoms with Crippen LogP contribution in [-0.2, 0) is 11.3 Å². The smallest absolute Gasteiger partial charge is 0.240 e. The van der Waals surface area contributed by atoms with Crippen LogP contribution < -0.4 is 9.64 Å². The van der Waals surface area contributed by atoms with E-state index in [4.69, 9.17) is 4.74 Å². The van der Waals surface area contributed by atoms with Crippen molar-refractivity contribution in [2.75, 3.05) is 38.2 Å². The highest BCUT2D eigenvalue weighted by Crippen LogP contribution is 2.23.